The van der Waals surface area contributed by atoms with Gasteiger partial charge in [0.25, 0.3) is 5.91 Å². The minimum atomic E-state index is -0.745. The number of hydrogen-bond acceptors (Lipinski definition) is 7. The number of para-hydroxylation sites is 2. The molecule has 0 fully saturated rings. The second kappa shape index (κ2) is 12.0. The summed E-state index contributed by atoms with van der Waals surface area (Å²) >= 11 is 1.21. The molecule has 1 aromatic heterocycles. The lowest BCUT2D eigenvalue weighted by Gasteiger charge is -2.28. The Morgan fingerprint density at radius 3 is 2.57 bits per heavy atom. The summed E-state index contributed by atoms with van der Waals surface area (Å²) in [4.78, 5) is 26.0. The predicted octanol–water partition coefficient (Wildman–Crippen LogP) is 4.67. The van der Waals surface area contributed by atoms with Crippen molar-refractivity contribution in [3.8, 4) is 11.8 Å². The molecule has 0 saturated heterocycles. The van der Waals surface area contributed by atoms with Crippen molar-refractivity contribution in [2.24, 2.45) is 0 Å². The summed E-state index contributed by atoms with van der Waals surface area (Å²) < 4.78 is 11.0. The first-order chi connectivity index (χ1) is 18.0. The number of carbonyl (C=O) groups excluding carboxylic acids is 2. The molecule has 0 bridgehead atoms. The zero-order valence-electron chi connectivity index (χ0n) is 20.4. The molecule has 4 rings (SSSR count). The number of ether oxygens (including phenoxy) is 1. The van der Waals surface area contributed by atoms with Crippen molar-refractivity contribution in [3.05, 3.63) is 106 Å². The minimum Gasteiger partial charge on any atom is -0.495 e. The lowest BCUT2D eigenvalue weighted by molar-refractivity contribution is -0.118. The maximum atomic E-state index is 13.5. The number of nitrogens with one attached hydrogen (secondary N) is 3. The van der Waals surface area contributed by atoms with Gasteiger partial charge in [0, 0.05) is 12.2 Å². The smallest absolute Gasteiger partial charge is 0.254 e. The Morgan fingerprint density at radius 2 is 1.86 bits per heavy atom. The molecule has 1 unspecified atom stereocenters. The number of anilines is 1. The Hall–Kier alpha value is -4.42. The molecule has 2 amide bonds. The Kier molecular flexibility index (Phi) is 8.33. The molecule has 1 aliphatic heterocycles. The third kappa shape index (κ3) is 6.05. The first-order valence-electron chi connectivity index (χ1n) is 11.5. The number of amides is 2. The van der Waals surface area contributed by atoms with Gasteiger partial charge in [-0.2, -0.15) is 5.26 Å². The van der Waals surface area contributed by atoms with Crippen LogP contribution in [0.1, 0.15) is 24.2 Å². The van der Waals surface area contributed by atoms with Gasteiger partial charge in [-0.1, -0.05) is 54.2 Å². The second-order valence-electron chi connectivity index (χ2n) is 8.17. The predicted molar refractivity (Wildman–Crippen MR) is 142 cm³/mol. The molecule has 3 aromatic rings. The van der Waals surface area contributed by atoms with Crippen molar-refractivity contribution >= 4 is 29.3 Å². The lowest BCUT2D eigenvalue weighted by Crippen LogP contribution is -2.31. The van der Waals surface area contributed by atoms with Crippen LogP contribution in [0.2, 0.25) is 0 Å². The van der Waals surface area contributed by atoms with Crippen molar-refractivity contribution in [1.82, 2.24) is 10.6 Å². The number of thioether (sulfide) groups is 1. The molecule has 0 aliphatic carbocycles. The molecule has 1 atom stereocenters. The zero-order chi connectivity index (χ0) is 26.2. The quantitative estimate of drug-likeness (QED) is 0.380. The summed E-state index contributed by atoms with van der Waals surface area (Å²) in [5, 5.41) is 19.6. The van der Waals surface area contributed by atoms with E-state index in [9.17, 15) is 14.9 Å². The highest BCUT2D eigenvalue weighted by Gasteiger charge is 2.36. The van der Waals surface area contributed by atoms with Crippen LogP contribution in [0, 0.1) is 11.3 Å². The molecule has 0 saturated carbocycles. The first-order valence-corrected chi connectivity index (χ1v) is 12.5. The highest BCUT2D eigenvalue weighted by atomic mass is 32.2. The fourth-order valence-electron chi connectivity index (χ4n) is 3.99. The van der Waals surface area contributed by atoms with Crippen molar-refractivity contribution in [3.63, 3.8) is 0 Å². The van der Waals surface area contributed by atoms with E-state index in [0.29, 0.717) is 45.6 Å². The number of benzene rings is 2. The van der Waals surface area contributed by atoms with Crippen molar-refractivity contribution in [1.29, 1.82) is 5.26 Å². The summed E-state index contributed by atoms with van der Waals surface area (Å²) in [5.74, 6) is -0.243. The number of nitrogens with zero attached hydrogens (tertiary/aromatic N) is 1. The molecule has 37 heavy (non-hydrogen) atoms. The van der Waals surface area contributed by atoms with E-state index in [1.165, 1.54) is 25.1 Å². The summed E-state index contributed by atoms with van der Waals surface area (Å²) in [5.41, 5.74) is 2.70. The van der Waals surface area contributed by atoms with Crippen molar-refractivity contribution < 1.29 is 18.7 Å². The van der Waals surface area contributed by atoms with Gasteiger partial charge >= 0.3 is 0 Å². The fourth-order valence-corrected chi connectivity index (χ4v) is 4.91. The third-order valence-corrected chi connectivity index (χ3v) is 6.77. The Balaban J connectivity index is 1.55. The van der Waals surface area contributed by atoms with Gasteiger partial charge in [-0.15, -0.1) is 0 Å². The Morgan fingerprint density at radius 1 is 1.11 bits per heavy atom. The van der Waals surface area contributed by atoms with E-state index in [1.54, 1.807) is 37.3 Å². The molecule has 3 N–H and O–H groups in total. The lowest BCUT2D eigenvalue weighted by atomic mass is 9.85. The molecule has 0 spiro atoms. The summed E-state index contributed by atoms with van der Waals surface area (Å²) in [6.07, 6.45) is 1.50. The SMILES string of the molecule is COc1ccccc1NC(=O)C1=C(C)NC(SCC(=O)NCc2ccccc2)=C(C#N)C1c1ccco1. The van der Waals surface area contributed by atoms with Gasteiger partial charge in [0.05, 0.1) is 53.0 Å². The standard InChI is InChI=1S/C28H26N4O4S/c1-18-25(27(34)32-21-11-6-7-12-22(21)35-2)26(23-13-8-14-36-23)20(15-29)28(31-18)37-17-24(33)30-16-19-9-4-3-5-10-19/h3-14,26,31H,16-17H2,1-2H3,(H,30,33)(H,32,34). The van der Waals surface area contributed by atoms with Crippen molar-refractivity contribution in [2.75, 3.05) is 18.2 Å². The minimum absolute atomic E-state index is 0.0985. The maximum Gasteiger partial charge on any atom is 0.254 e. The highest BCUT2D eigenvalue weighted by molar-refractivity contribution is 8.03. The van der Waals surface area contributed by atoms with Crippen LogP contribution >= 0.6 is 11.8 Å². The average Bonchev–Trinajstić information content (AvgIpc) is 3.46. The van der Waals surface area contributed by atoms with Gasteiger partial charge in [-0.05, 0) is 36.8 Å². The molecule has 2 aromatic carbocycles. The van der Waals surface area contributed by atoms with Crippen LogP contribution in [0.25, 0.3) is 0 Å². The number of allylic oxidation sites excluding steroid dienone is 2. The molecule has 9 heteroatoms. The topological polar surface area (TPSA) is 116 Å². The molecule has 2 heterocycles. The number of dihydropyridines is 1. The Bertz CT molecular complexity index is 1370. The van der Waals surface area contributed by atoms with Crippen LogP contribution < -0.4 is 20.7 Å². The van der Waals surface area contributed by atoms with Gasteiger partial charge in [0.2, 0.25) is 5.91 Å². The van der Waals surface area contributed by atoms with E-state index >= 15 is 0 Å². The fraction of sp³-hybridized carbons (Fsp3) is 0.179. The van der Waals surface area contributed by atoms with E-state index in [1.807, 2.05) is 36.4 Å². The van der Waals surface area contributed by atoms with Gasteiger partial charge in [0.15, 0.2) is 0 Å². The van der Waals surface area contributed by atoms with E-state index in [-0.39, 0.29) is 11.7 Å². The molecular weight excluding hydrogens is 488 g/mol. The molecule has 1 aliphatic rings. The van der Waals surface area contributed by atoms with Gasteiger partial charge < -0.3 is 25.1 Å². The van der Waals surface area contributed by atoms with E-state index in [2.05, 4.69) is 22.0 Å². The van der Waals surface area contributed by atoms with Crippen LogP contribution in [0.4, 0.5) is 5.69 Å². The summed E-state index contributed by atoms with van der Waals surface area (Å²) in [6.45, 7) is 2.18. The number of carbonyl (C=O) groups is 2. The molecule has 8 nitrogen and oxygen atoms in total. The summed E-state index contributed by atoms with van der Waals surface area (Å²) in [7, 11) is 1.53. The van der Waals surface area contributed by atoms with Gasteiger partial charge in [-0.25, -0.2) is 0 Å². The highest BCUT2D eigenvalue weighted by Crippen LogP contribution is 2.41. The van der Waals surface area contributed by atoms with Crippen LogP contribution in [0.3, 0.4) is 0 Å². The van der Waals surface area contributed by atoms with Crippen LogP contribution in [0.15, 0.2) is 99.3 Å². The normalized spacial score (nSPS) is 15.0. The second-order valence-corrected chi connectivity index (χ2v) is 9.16. The first kappa shape index (κ1) is 25.7. The van der Waals surface area contributed by atoms with Gasteiger partial charge in [0.1, 0.15) is 11.5 Å². The average molecular weight is 515 g/mol. The number of nitriles is 1. The molecular formula is C28H26N4O4S. The Labute approximate surface area is 219 Å². The number of furan rings is 1. The van der Waals surface area contributed by atoms with E-state index < -0.39 is 11.8 Å². The largest absolute Gasteiger partial charge is 0.495 e. The van der Waals surface area contributed by atoms with E-state index in [4.69, 9.17) is 9.15 Å². The van der Waals surface area contributed by atoms with Gasteiger partial charge in [-0.3, -0.25) is 9.59 Å². The number of hydrogen-bond donors (Lipinski definition) is 3. The number of rotatable bonds is 9. The van der Waals surface area contributed by atoms with Crippen LogP contribution in [-0.4, -0.2) is 24.7 Å². The molecule has 0 radical (unpaired) electrons. The van der Waals surface area contributed by atoms with E-state index in [0.717, 1.165) is 5.56 Å². The third-order valence-electron chi connectivity index (χ3n) is 5.76. The van der Waals surface area contributed by atoms with Crippen molar-refractivity contribution in [2.45, 2.75) is 19.4 Å². The zero-order valence-corrected chi connectivity index (χ0v) is 21.2. The molecule has 188 valence electrons. The van der Waals surface area contributed by atoms with Crippen LogP contribution in [0.5, 0.6) is 5.75 Å². The number of methoxy groups -OCH3 is 1. The maximum absolute atomic E-state index is 13.5. The summed E-state index contributed by atoms with van der Waals surface area (Å²) in [6, 6.07) is 22.4. The van der Waals surface area contributed by atoms with Crippen LogP contribution in [-0.2, 0) is 16.1 Å². The monoisotopic (exact) mass is 514 g/mol.